The van der Waals surface area contributed by atoms with Crippen LogP contribution in [0.1, 0.15) is 18.4 Å². The van der Waals surface area contributed by atoms with Crippen LogP contribution in [0.25, 0.3) is 6.08 Å². The van der Waals surface area contributed by atoms with Gasteiger partial charge in [0.1, 0.15) is 5.75 Å². The maximum atomic E-state index is 11.8. The number of phenols is 1. The van der Waals surface area contributed by atoms with E-state index in [0.29, 0.717) is 5.56 Å². The third kappa shape index (κ3) is 4.10. The monoisotopic (exact) mass is 338 g/mol. The summed E-state index contributed by atoms with van der Waals surface area (Å²) in [6.07, 6.45) is -2.98. The van der Waals surface area contributed by atoms with E-state index in [9.17, 15) is 24.9 Å². The number of hydrogen-bond acceptors (Lipinski definition) is 7. The molecule has 1 saturated carbocycles. The number of ether oxygens (including phenoxy) is 1. The van der Waals surface area contributed by atoms with Crippen molar-refractivity contribution in [1.82, 2.24) is 0 Å². The SMILES string of the molecule is O=C(/C=C/c1ccc(O)cc1)OC1[C@H](O)CC(O)(C(=O)O)C[C@@H]1O. The maximum absolute atomic E-state index is 11.8. The van der Waals surface area contributed by atoms with Gasteiger partial charge in [-0.15, -0.1) is 0 Å². The van der Waals surface area contributed by atoms with E-state index in [1.807, 2.05) is 0 Å². The molecule has 1 aromatic rings. The van der Waals surface area contributed by atoms with Crippen molar-refractivity contribution in [2.24, 2.45) is 0 Å². The summed E-state index contributed by atoms with van der Waals surface area (Å²) in [7, 11) is 0. The molecule has 24 heavy (non-hydrogen) atoms. The zero-order valence-corrected chi connectivity index (χ0v) is 12.6. The van der Waals surface area contributed by atoms with Crippen LogP contribution in [-0.4, -0.2) is 61.4 Å². The Morgan fingerprint density at radius 3 is 2.17 bits per heavy atom. The fraction of sp³-hybridized carbons (Fsp3) is 0.375. The first-order valence-corrected chi connectivity index (χ1v) is 7.21. The van der Waals surface area contributed by atoms with E-state index in [1.165, 1.54) is 18.2 Å². The molecular weight excluding hydrogens is 320 g/mol. The highest BCUT2D eigenvalue weighted by Gasteiger charge is 2.50. The van der Waals surface area contributed by atoms with Gasteiger partial charge in [-0.05, 0) is 23.8 Å². The minimum absolute atomic E-state index is 0.0779. The Hall–Kier alpha value is -2.42. The molecule has 130 valence electrons. The molecule has 0 spiro atoms. The van der Waals surface area contributed by atoms with Gasteiger partial charge in [-0.2, -0.15) is 0 Å². The molecule has 5 N–H and O–H groups in total. The maximum Gasteiger partial charge on any atom is 0.335 e. The van der Waals surface area contributed by atoms with Gasteiger partial charge < -0.3 is 30.3 Å². The van der Waals surface area contributed by atoms with E-state index < -0.39 is 48.7 Å². The molecule has 8 nitrogen and oxygen atoms in total. The average Bonchev–Trinajstić information content (AvgIpc) is 2.50. The number of aliphatic hydroxyl groups is 3. The van der Waals surface area contributed by atoms with Crippen LogP contribution in [0.15, 0.2) is 30.3 Å². The van der Waals surface area contributed by atoms with Crippen LogP contribution in [0, 0.1) is 0 Å². The quantitative estimate of drug-likeness (QED) is 0.370. The second-order valence-electron chi connectivity index (χ2n) is 5.71. The largest absolute Gasteiger partial charge is 0.508 e. The third-order valence-electron chi connectivity index (χ3n) is 3.81. The molecule has 1 aliphatic carbocycles. The standard InChI is InChI=1S/C16H18O8/c17-10-4-1-9(2-5-10)3-6-13(20)24-14-11(18)7-16(23,15(21)22)8-12(14)19/h1-6,11-12,14,17-19,23H,7-8H2,(H,21,22)/b6-3+/t11-,12+,14?,16?. The average molecular weight is 338 g/mol. The summed E-state index contributed by atoms with van der Waals surface area (Å²) in [6.45, 7) is 0. The summed E-state index contributed by atoms with van der Waals surface area (Å²) < 4.78 is 4.96. The predicted octanol–water partition coefficient (Wildman–Crippen LogP) is -0.352. The molecule has 1 fully saturated rings. The molecule has 1 aromatic carbocycles. The van der Waals surface area contributed by atoms with Gasteiger partial charge in [0.25, 0.3) is 0 Å². The molecule has 0 saturated heterocycles. The highest BCUT2D eigenvalue weighted by atomic mass is 16.6. The second-order valence-corrected chi connectivity index (χ2v) is 5.71. The van der Waals surface area contributed by atoms with Gasteiger partial charge in [-0.3, -0.25) is 0 Å². The highest BCUT2D eigenvalue weighted by Crippen LogP contribution is 2.31. The fourth-order valence-electron chi connectivity index (χ4n) is 2.52. The Balaban J connectivity index is 1.98. The Morgan fingerprint density at radius 1 is 1.12 bits per heavy atom. The first kappa shape index (κ1) is 17.9. The molecule has 2 unspecified atom stereocenters. The zero-order chi connectivity index (χ0) is 17.9. The third-order valence-corrected chi connectivity index (χ3v) is 3.81. The number of rotatable bonds is 4. The number of aliphatic hydroxyl groups excluding tert-OH is 2. The van der Waals surface area contributed by atoms with Crippen LogP contribution in [0.3, 0.4) is 0 Å². The highest BCUT2D eigenvalue weighted by molar-refractivity contribution is 5.87. The van der Waals surface area contributed by atoms with Crippen molar-refractivity contribution in [2.75, 3.05) is 0 Å². The molecule has 0 radical (unpaired) electrons. The molecule has 0 heterocycles. The van der Waals surface area contributed by atoms with Crippen molar-refractivity contribution < 1.29 is 39.9 Å². The summed E-state index contributed by atoms with van der Waals surface area (Å²) >= 11 is 0. The lowest BCUT2D eigenvalue weighted by Crippen LogP contribution is -2.57. The zero-order valence-electron chi connectivity index (χ0n) is 12.6. The summed E-state index contributed by atoms with van der Waals surface area (Å²) in [6, 6.07) is 6.01. The topological polar surface area (TPSA) is 145 Å². The van der Waals surface area contributed by atoms with E-state index in [1.54, 1.807) is 12.1 Å². The van der Waals surface area contributed by atoms with Crippen LogP contribution in [0.4, 0.5) is 0 Å². The van der Waals surface area contributed by atoms with Crippen molar-refractivity contribution in [2.45, 2.75) is 36.8 Å². The lowest BCUT2D eigenvalue weighted by atomic mass is 9.79. The Labute approximate surface area is 137 Å². The van der Waals surface area contributed by atoms with Crippen LogP contribution in [0.2, 0.25) is 0 Å². The first-order chi connectivity index (χ1) is 11.2. The summed E-state index contributed by atoms with van der Waals surface area (Å²) in [5.74, 6) is -2.32. The Morgan fingerprint density at radius 2 is 1.67 bits per heavy atom. The molecule has 0 aromatic heterocycles. The Kier molecular flexibility index (Phi) is 5.23. The van der Waals surface area contributed by atoms with Gasteiger partial charge in [-0.1, -0.05) is 12.1 Å². The number of carboxylic acids is 1. The van der Waals surface area contributed by atoms with Crippen molar-refractivity contribution in [3.63, 3.8) is 0 Å². The van der Waals surface area contributed by atoms with Gasteiger partial charge in [0.2, 0.25) is 0 Å². The van der Waals surface area contributed by atoms with Crippen LogP contribution in [-0.2, 0) is 14.3 Å². The number of carbonyl (C=O) groups excluding carboxylic acids is 1. The van der Waals surface area contributed by atoms with Crippen molar-refractivity contribution in [3.8, 4) is 5.75 Å². The number of carbonyl (C=O) groups is 2. The van der Waals surface area contributed by atoms with Crippen molar-refractivity contribution in [3.05, 3.63) is 35.9 Å². The summed E-state index contributed by atoms with van der Waals surface area (Å²) in [5.41, 5.74) is -1.64. The van der Waals surface area contributed by atoms with Crippen LogP contribution < -0.4 is 0 Å². The second kappa shape index (κ2) is 7.00. The minimum Gasteiger partial charge on any atom is -0.508 e. The number of benzene rings is 1. The fourth-order valence-corrected chi connectivity index (χ4v) is 2.52. The smallest absolute Gasteiger partial charge is 0.335 e. The molecule has 8 heteroatoms. The molecule has 4 atom stereocenters. The van der Waals surface area contributed by atoms with Gasteiger partial charge in [0.05, 0.1) is 12.2 Å². The van der Waals surface area contributed by atoms with Crippen LogP contribution in [0.5, 0.6) is 5.75 Å². The number of hydrogen-bond donors (Lipinski definition) is 5. The normalized spacial score (nSPS) is 30.2. The minimum atomic E-state index is -2.26. The number of aliphatic carboxylic acids is 1. The van der Waals surface area contributed by atoms with Gasteiger partial charge >= 0.3 is 11.9 Å². The van der Waals surface area contributed by atoms with E-state index in [4.69, 9.17) is 14.9 Å². The lowest BCUT2D eigenvalue weighted by Gasteiger charge is -2.39. The van der Waals surface area contributed by atoms with Crippen molar-refractivity contribution in [1.29, 1.82) is 0 Å². The van der Waals surface area contributed by atoms with E-state index in [0.717, 1.165) is 6.08 Å². The number of carboxylic acid groups (broad SMARTS) is 1. The molecule has 0 bridgehead atoms. The predicted molar refractivity (Wildman–Crippen MR) is 80.9 cm³/mol. The Bertz CT molecular complexity index is 624. The molecule has 1 aliphatic rings. The molecule has 0 aliphatic heterocycles. The summed E-state index contributed by atoms with van der Waals surface area (Å²) in [5, 5.41) is 47.7. The lowest BCUT2D eigenvalue weighted by molar-refractivity contribution is -0.196. The van der Waals surface area contributed by atoms with Crippen LogP contribution >= 0.6 is 0 Å². The molecule has 0 amide bonds. The van der Waals surface area contributed by atoms with E-state index in [2.05, 4.69) is 0 Å². The first-order valence-electron chi connectivity index (χ1n) is 7.21. The van der Waals surface area contributed by atoms with Gasteiger partial charge in [0.15, 0.2) is 11.7 Å². The number of phenolic OH excluding ortho intramolecular Hbond substituents is 1. The van der Waals surface area contributed by atoms with Gasteiger partial charge in [0, 0.05) is 18.9 Å². The molecule has 2 rings (SSSR count). The van der Waals surface area contributed by atoms with Crippen molar-refractivity contribution >= 4 is 18.0 Å². The number of aromatic hydroxyl groups is 1. The summed E-state index contributed by atoms with van der Waals surface area (Å²) in [4.78, 5) is 22.7. The van der Waals surface area contributed by atoms with E-state index in [-0.39, 0.29) is 5.75 Å². The number of esters is 1. The molecular formula is C16H18O8. The van der Waals surface area contributed by atoms with E-state index >= 15 is 0 Å². The van der Waals surface area contributed by atoms with Gasteiger partial charge in [-0.25, -0.2) is 9.59 Å².